The van der Waals surface area contributed by atoms with Gasteiger partial charge in [-0.05, 0) is 18.6 Å². The molecule has 0 aromatic carbocycles. The fourth-order valence-electron chi connectivity index (χ4n) is 1.67. The van der Waals surface area contributed by atoms with Gasteiger partial charge in [0.05, 0.1) is 24.5 Å². The van der Waals surface area contributed by atoms with Crippen LogP contribution in [0.15, 0.2) is 40.0 Å². The van der Waals surface area contributed by atoms with Crippen molar-refractivity contribution in [1.29, 1.82) is 0 Å². The minimum Gasteiger partial charge on any atom is -0.359 e. The molecule has 0 amide bonds. The molecule has 0 radical (unpaired) electrons. The number of aromatic nitrogens is 2. The van der Waals surface area contributed by atoms with Gasteiger partial charge in [0.25, 0.3) is 0 Å². The molecule has 21 heavy (non-hydrogen) atoms. The van der Waals surface area contributed by atoms with Gasteiger partial charge in [-0.3, -0.25) is 9.98 Å². The first-order valence-electron chi connectivity index (χ1n) is 6.60. The Morgan fingerprint density at radius 1 is 1.24 bits per heavy atom. The molecule has 6 nitrogen and oxygen atoms in total. The summed E-state index contributed by atoms with van der Waals surface area (Å²) in [6.45, 7) is 3.22. The molecule has 0 unspecified atom stereocenters. The highest BCUT2D eigenvalue weighted by Gasteiger charge is 2.04. The summed E-state index contributed by atoms with van der Waals surface area (Å²) in [6, 6.07) is 7.76. The smallest absolute Gasteiger partial charge is 0.191 e. The van der Waals surface area contributed by atoms with Crippen molar-refractivity contribution in [2.45, 2.75) is 26.4 Å². The summed E-state index contributed by atoms with van der Waals surface area (Å²) in [5.41, 5.74) is 1.92. The number of aliphatic imine (C=N–C) groups is 1. The van der Waals surface area contributed by atoms with E-state index in [1.54, 1.807) is 13.2 Å². The third-order valence-corrected chi connectivity index (χ3v) is 2.79. The zero-order valence-electron chi connectivity index (χ0n) is 12.2. The number of aryl methyl sites for hydroxylation is 1. The highest BCUT2D eigenvalue weighted by Crippen LogP contribution is 2.03. The first-order chi connectivity index (χ1) is 9.81. The van der Waals surface area contributed by atoms with E-state index in [0.717, 1.165) is 23.6 Å². The van der Waals surface area contributed by atoms with E-state index in [1.165, 1.54) is 0 Å². The van der Waals surface area contributed by atoms with Gasteiger partial charge in [0, 0.05) is 19.3 Å². The third-order valence-electron chi connectivity index (χ3n) is 2.79. The van der Waals surface area contributed by atoms with Crippen LogP contribution in [0.3, 0.4) is 0 Å². The van der Waals surface area contributed by atoms with Crippen LogP contribution < -0.4 is 10.6 Å². The molecular formula is C14H20IN5O. The molecule has 0 aliphatic rings. The van der Waals surface area contributed by atoms with Crippen molar-refractivity contribution in [1.82, 2.24) is 20.8 Å². The Balaban J connectivity index is 0.00000220. The van der Waals surface area contributed by atoms with Crippen LogP contribution in [0.1, 0.15) is 24.1 Å². The summed E-state index contributed by atoms with van der Waals surface area (Å²) < 4.78 is 5.21. The van der Waals surface area contributed by atoms with Crippen LogP contribution in [0, 0.1) is 0 Å². The lowest BCUT2D eigenvalue weighted by Crippen LogP contribution is -2.36. The first kappa shape index (κ1) is 17.4. The van der Waals surface area contributed by atoms with E-state index in [9.17, 15) is 0 Å². The van der Waals surface area contributed by atoms with Crippen LogP contribution in [0.5, 0.6) is 0 Å². The van der Waals surface area contributed by atoms with E-state index in [1.807, 2.05) is 31.2 Å². The number of rotatable bonds is 5. The molecule has 0 atom stereocenters. The van der Waals surface area contributed by atoms with Gasteiger partial charge >= 0.3 is 0 Å². The van der Waals surface area contributed by atoms with Crippen molar-refractivity contribution in [2.24, 2.45) is 4.99 Å². The fourth-order valence-corrected chi connectivity index (χ4v) is 1.67. The highest BCUT2D eigenvalue weighted by molar-refractivity contribution is 14.0. The average molecular weight is 401 g/mol. The summed E-state index contributed by atoms with van der Waals surface area (Å²) in [6.07, 6.45) is 2.64. The number of hydrogen-bond acceptors (Lipinski definition) is 4. The molecule has 0 saturated carbocycles. The molecule has 2 rings (SSSR count). The van der Waals surface area contributed by atoms with Crippen molar-refractivity contribution >= 4 is 29.9 Å². The van der Waals surface area contributed by atoms with E-state index in [0.29, 0.717) is 19.0 Å². The number of pyridine rings is 1. The minimum atomic E-state index is 0. The Morgan fingerprint density at radius 2 is 2.05 bits per heavy atom. The molecule has 2 aromatic rings. The number of guanidine groups is 1. The van der Waals surface area contributed by atoms with Crippen molar-refractivity contribution in [2.75, 3.05) is 7.05 Å². The highest BCUT2D eigenvalue weighted by atomic mass is 127. The van der Waals surface area contributed by atoms with E-state index in [4.69, 9.17) is 4.52 Å². The number of halogens is 1. The summed E-state index contributed by atoms with van der Waals surface area (Å²) in [5.74, 6) is 1.49. The van der Waals surface area contributed by atoms with Gasteiger partial charge in [-0.15, -0.1) is 24.0 Å². The predicted molar refractivity (Wildman–Crippen MR) is 92.6 cm³/mol. The van der Waals surface area contributed by atoms with Crippen LogP contribution in [-0.2, 0) is 19.5 Å². The zero-order chi connectivity index (χ0) is 14.2. The topological polar surface area (TPSA) is 75.3 Å². The largest absolute Gasteiger partial charge is 0.359 e. The van der Waals surface area contributed by atoms with Crippen LogP contribution in [0.4, 0.5) is 0 Å². The number of nitrogens with zero attached hydrogens (tertiary/aromatic N) is 3. The molecule has 2 N–H and O–H groups in total. The van der Waals surface area contributed by atoms with Crippen LogP contribution in [-0.4, -0.2) is 23.1 Å². The summed E-state index contributed by atoms with van der Waals surface area (Å²) in [4.78, 5) is 8.39. The quantitative estimate of drug-likeness (QED) is 0.456. The first-order valence-corrected chi connectivity index (χ1v) is 6.60. The Hall–Kier alpha value is -1.64. The van der Waals surface area contributed by atoms with Crippen LogP contribution in [0.2, 0.25) is 0 Å². The fraction of sp³-hybridized carbons (Fsp3) is 0.357. The summed E-state index contributed by atoms with van der Waals surface area (Å²) in [7, 11) is 1.73. The SMILES string of the molecule is CCc1cc(CNC(=NC)NCc2ccccn2)on1.I. The van der Waals surface area contributed by atoms with Gasteiger partial charge in [-0.1, -0.05) is 18.1 Å². The summed E-state index contributed by atoms with van der Waals surface area (Å²) >= 11 is 0. The molecule has 0 aliphatic heterocycles. The lowest BCUT2D eigenvalue weighted by Gasteiger charge is -2.10. The number of hydrogen-bond donors (Lipinski definition) is 2. The number of nitrogens with one attached hydrogen (secondary N) is 2. The molecule has 2 heterocycles. The Kier molecular flexibility index (Phi) is 7.73. The second-order valence-corrected chi connectivity index (χ2v) is 4.24. The van der Waals surface area contributed by atoms with Crippen molar-refractivity contribution in [3.8, 4) is 0 Å². The van der Waals surface area contributed by atoms with E-state index in [-0.39, 0.29) is 24.0 Å². The van der Waals surface area contributed by atoms with Gasteiger partial charge in [0.1, 0.15) is 0 Å². The minimum absolute atomic E-state index is 0. The molecule has 114 valence electrons. The normalized spacial score (nSPS) is 10.9. The van der Waals surface area contributed by atoms with Crippen molar-refractivity contribution < 1.29 is 4.52 Å². The lowest BCUT2D eigenvalue weighted by molar-refractivity contribution is 0.374. The maximum absolute atomic E-state index is 5.21. The predicted octanol–water partition coefficient (Wildman–Crippen LogP) is 2.12. The summed E-state index contributed by atoms with van der Waals surface area (Å²) in [5, 5.41) is 10.3. The zero-order valence-corrected chi connectivity index (χ0v) is 14.5. The second-order valence-electron chi connectivity index (χ2n) is 4.24. The molecule has 2 aromatic heterocycles. The van der Waals surface area contributed by atoms with Gasteiger partial charge in [0.15, 0.2) is 11.7 Å². The van der Waals surface area contributed by atoms with Crippen LogP contribution in [0.25, 0.3) is 0 Å². The van der Waals surface area contributed by atoms with E-state index in [2.05, 4.69) is 25.8 Å². The molecule has 0 bridgehead atoms. The second kappa shape index (κ2) is 9.32. The van der Waals surface area contributed by atoms with Crippen LogP contribution >= 0.6 is 24.0 Å². The Labute approximate surface area is 141 Å². The molecule has 0 fully saturated rings. The van der Waals surface area contributed by atoms with Crippen molar-refractivity contribution in [3.63, 3.8) is 0 Å². The third kappa shape index (κ3) is 5.70. The van der Waals surface area contributed by atoms with Gasteiger partial charge in [0.2, 0.25) is 0 Å². The maximum atomic E-state index is 5.21. The Bertz CT molecular complexity index is 556. The van der Waals surface area contributed by atoms with E-state index >= 15 is 0 Å². The van der Waals surface area contributed by atoms with Gasteiger partial charge in [-0.2, -0.15) is 0 Å². The molecular weight excluding hydrogens is 381 g/mol. The molecule has 7 heteroatoms. The van der Waals surface area contributed by atoms with Gasteiger partial charge < -0.3 is 15.2 Å². The lowest BCUT2D eigenvalue weighted by atomic mass is 10.3. The van der Waals surface area contributed by atoms with Crippen molar-refractivity contribution in [3.05, 3.63) is 47.6 Å². The van der Waals surface area contributed by atoms with Gasteiger partial charge in [-0.25, -0.2) is 0 Å². The molecule has 0 saturated heterocycles. The molecule has 0 spiro atoms. The Morgan fingerprint density at radius 3 is 2.67 bits per heavy atom. The van der Waals surface area contributed by atoms with E-state index < -0.39 is 0 Å². The monoisotopic (exact) mass is 401 g/mol. The molecule has 0 aliphatic carbocycles. The maximum Gasteiger partial charge on any atom is 0.191 e. The standard InChI is InChI=1S/C14H19N5O.HI/c1-3-11-8-13(20-19-11)10-18-14(15-2)17-9-12-6-4-5-7-16-12;/h4-8H,3,9-10H2,1-2H3,(H2,15,17,18);1H. The average Bonchev–Trinajstić information content (AvgIpc) is 2.96.